The molecule has 3 rings (SSSR count). The van der Waals surface area contributed by atoms with E-state index in [-0.39, 0.29) is 5.56 Å². The molecule has 0 spiro atoms. The van der Waals surface area contributed by atoms with Gasteiger partial charge in [-0.2, -0.15) is 0 Å². The van der Waals surface area contributed by atoms with Gasteiger partial charge in [-0.3, -0.25) is 4.79 Å². The first-order chi connectivity index (χ1) is 13.4. The topological polar surface area (TPSA) is 68.7 Å². The molecule has 0 aliphatic carbocycles. The number of aryl methyl sites for hydroxylation is 2. The highest BCUT2D eigenvalue weighted by atomic mass is 16.5. The van der Waals surface area contributed by atoms with E-state index in [1.54, 1.807) is 26.4 Å². The lowest BCUT2D eigenvalue weighted by molar-refractivity contribution is -0.926. The van der Waals surface area contributed by atoms with Gasteiger partial charge >= 0.3 is 0 Å². The van der Waals surface area contributed by atoms with Crippen LogP contribution in [0.25, 0.3) is 10.9 Å². The second kappa shape index (κ2) is 8.44. The lowest BCUT2D eigenvalue weighted by Crippen LogP contribution is -3.09. The van der Waals surface area contributed by atoms with Crippen molar-refractivity contribution in [2.24, 2.45) is 0 Å². The van der Waals surface area contributed by atoms with Crippen LogP contribution in [0.15, 0.2) is 35.1 Å². The van der Waals surface area contributed by atoms with E-state index in [0.717, 1.165) is 13.1 Å². The molecule has 0 aliphatic heterocycles. The van der Waals surface area contributed by atoms with E-state index in [1.165, 1.54) is 21.6 Å². The minimum Gasteiger partial charge on any atom is -0.493 e. The van der Waals surface area contributed by atoms with Crippen molar-refractivity contribution >= 4 is 10.9 Å². The van der Waals surface area contributed by atoms with Crippen molar-refractivity contribution < 1.29 is 14.4 Å². The first-order valence-corrected chi connectivity index (χ1v) is 9.49. The molecule has 1 unspecified atom stereocenters. The summed E-state index contributed by atoms with van der Waals surface area (Å²) in [5.74, 6) is 1.76. The highest BCUT2D eigenvalue weighted by Gasteiger charge is 2.15. The fourth-order valence-electron chi connectivity index (χ4n) is 3.41. The van der Waals surface area contributed by atoms with Crippen LogP contribution in [0.3, 0.4) is 0 Å². The second-order valence-corrected chi connectivity index (χ2v) is 7.12. The third kappa shape index (κ3) is 4.17. The molecule has 0 radical (unpaired) electrons. The number of fused-ring (bicyclic) bond motifs is 1. The van der Waals surface area contributed by atoms with E-state index in [2.05, 4.69) is 48.9 Å². The van der Waals surface area contributed by atoms with Gasteiger partial charge in [-0.25, -0.2) is 4.98 Å². The number of methoxy groups -OCH3 is 2. The van der Waals surface area contributed by atoms with Gasteiger partial charge in [-0.15, -0.1) is 0 Å². The lowest BCUT2D eigenvalue weighted by Gasteiger charge is -2.19. The van der Waals surface area contributed by atoms with Crippen LogP contribution in [0.5, 0.6) is 11.5 Å². The molecule has 0 bridgehead atoms. The number of hydrogen-bond donors (Lipinski definition) is 2. The van der Waals surface area contributed by atoms with Crippen LogP contribution in [-0.4, -0.2) is 30.7 Å². The molecular weight excluding hydrogens is 354 g/mol. The second-order valence-electron chi connectivity index (χ2n) is 7.12. The number of H-pyrrole nitrogens is 1. The number of rotatable bonds is 7. The summed E-state index contributed by atoms with van der Waals surface area (Å²) in [5.41, 5.74) is 4.32. The van der Waals surface area contributed by atoms with Crippen molar-refractivity contribution in [2.45, 2.75) is 33.9 Å². The molecule has 148 valence electrons. The maximum atomic E-state index is 12.6. The zero-order valence-electron chi connectivity index (χ0n) is 17.2. The first kappa shape index (κ1) is 19.9. The Morgan fingerprint density at radius 1 is 1.04 bits per heavy atom. The van der Waals surface area contributed by atoms with E-state index in [0.29, 0.717) is 34.8 Å². The predicted octanol–water partition coefficient (Wildman–Crippen LogP) is 2.16. The molecule has 6 heteroatoms. The van der Waals surface area contributed by atoms with Gasteiger partial charge in [0.2, 0.25) is 0 Å². The molecule has 1 heterocycles. The molecule has 2 N–H and O–H groups in total. The molecular formula is C22H28N3O3+. The number of ether oxygens (including phenoxy) is 2. The number of aromatic amines is 1. The van der Waals surface area contributed by atoms with E-state index >= 15 is 0 Å². The normalized spacial score (nSPS) is 12.2. The van der Waals surface area contributed by atoms with E-state index in [9.17, 15) is 4.79 Å². The largest absolute Gasteiger partial charge is 0.493 e. The summed E-state index contributed by atoms with van der Waals surface area (Å²) in [6.45, 7) is 8.85. The van der Waals surface area contributed by atoms with Gasteiger partial charge in [-0.1, -0.05) is 23.8 Å². The molecule has 3 aromatic rings. The van der Waals surface area contributed by atoms with E-state index in [4.69, 9.17) is 9.47 Å². The Morgan fingerprint density at radius 3 is 2.43 bits per heavy atom. The van der Waals surface area contributed by atoms with Crippen LogP contribution >= 0.6 is 0 Å². The summed E-state index contributed by atoms with van der Waals surface area (Å²) in [4.78, 5) is 21.5. The Hall–Kier alpha value is -2.86. The lowest BCUT2D eigenvalue weighted by atomic mass is 10.1. The fourth-order valence-corrected chi connectivity index (χ4v) is 3.41. The summed E-state index contributed by atoms with van der Waals surface area (Å²) in [7, 11) is 3.13. The Labute approximate surface area is 165 Å². The Morgan fingerprint density at radius 2 is 1.75 bits per heavy atom. The standard InChI is InChI=1S/C22H27N3O3/c1-6-25(12-16-9-14(2)7-8-15(16)3)13-21-23-18-11-20(28-5)19(27-4)10-17(18)22(26)24-21/h7-11H,6,12-13H2,1-5H3,(H,23,24,26)/p+1. The van der Waals surface area contributed by atoms with Crippen molar-refractivity contribution in [3.63, 3.8) is 0 Å². The van der Waals surface area contributed by atoms with Crippen molar-refractivity contribution in [3.8, 4) is 11.5 Å². The molecule has 1 atom stereocenters. The van der Waals surface area contributed by atoms with Crippen LogP contribution in [0.2, 0.25) is 0 Å². The van der Waals surface area contributed by atoms with Gasteiger partial charge in [0.1, 0.15) is 13.1 Å². The zero-order valence-corrected chi connectivity index (χ0v) is 17.2. The van der Waals surface area contributed by atoms with Gasteiger partial charge in [0.05, 0.1) is 31.7 Å². The molecule has 28 heavy (non-hydrogen) atoms. The average Bonchev–Trinajstić information content (AvgIpc) is 2.69. The van der Waals surface area contributed by atoms with E-state index in [1.807, 2.05) is 0 Å². The third-order valence-corrected chi connectivity index (χ3v) is 5.12. The predicted molar refractivity (Wildman–Crippen MR) is 110 cm³/mol. The van der Waals surface area contributed by atoms with Crippen molar-refractivity contribution in [3.05, 3.63) is 63.2 Å². The molecule has 1 aromatic heterocycles. The number of nitrogens with one attached hydrogen (secondary N) is 2. The Bertz CT molecular complexity index is 1040. The monoisotopic (exact) mass is 382 g/mol. The summed E-state index contributed by atoms with van der Waals surface area (Å²) in [5, 5.41) is 0.494. The van der Waals surface area contributed by atoms with Gasteiger partial charge < -0.3 is 19.4 Å². The molecule has 0 saturated heterocycles. The summed E-state index contributed by atoms with van der Waals surface area (Å²) < 4.78 is 10.6. The zero-order chi connectivity index (χ0) is 20.3. The van der Waals surface area contributed by atoms with Crippen LogP contribution in [0.1, 0.15) is 29.4 Å². The van der Waals surface area contributed by atoms with Gasteiger partial charge in [-0.05, 0) is 32.4 Å². The highest BCUT2D eigenvalue weighted by molar-refractivity contribution is 5.81. The fraction of sp³-hybridized carbons (Fsp3) is 0.364. The maximum absolute atomic E-state index is 12.6. The molecule has 0 amide bonds. The molecule has 0 saturated carbocycles. The van der Waals surface area contributed by atoms with Crippen LogP contribution in [0, 0.1) is 13.8 Å². The number of aromatic nitrogens is 2. The van der Waals surface area contributed by atoms with Gasteiger partial charge in [0, 0.05) is 11.6 Å². The number of nitrogens with zero attached hydrogens (tertiary/aromatic N) is 1. The average molecular weight is 382 g/mol. The van der Waals surface area contributed by atoms with E-state index < -0.39 is 0 Å². The number of hydrogen-bond acceptors (Lipinski definition) is 4. The van der Waals surface area contributed by atoms with Crippen LogP contribution in [-0.2, 0) is 13.1 Å². The summed E-state index contributed by atoms with van der Waals surface area (Å²) in [6, 6.07) is 9.95. The molecule has 0 fully saturated rings. The van der Waals surface area contributed by atoms with Crippen molar-refractivity contribution in [1.82, 2.24) is 9.97 Å². The molecule has 6 nitrogen and oxygen atoms in total. The minimum absolute atomic E-state index is 0.164. The summed E-state index contributed by atoms with van der Waals surface area (Å²) in [6.07, 6.45) is 0. The third-order valence-electron chi connectivity index (χ3n) is 5.12. The van der Waals surface area contributed by atoms with Crippen LogP contribution in [0.4, 0.5) is 0 Å². The SMILES string of the molecule is CC[NH+](Cc1nc2cc(OC)c(OC)cc2c(=O)[nH]1)Cc1cc(C)ccc1C. The Balaban J connectivity index is 1.91. The van der Waals surface area contributed by atoms with Crippen molar-refractivity contribution in [1.29, 1.82) is 0 Å². The smallest absolute Gasteiger partial charge is 0.259 e. The Kier molecular flexibility index (Phi) is 5.99. The van der Waals surface area contributed by atoms with Crippen molar-refractivity contribution in [2.75, 3.05) is 20.8 Å². The minimum atomic E-state index is -0.164. The molecule has 2 aromatic carbocycles. The van der Waals surface area contributed by atoms with Gasteiger partial charge in [0.25, 0.3) is 5.56 Å². The van der Waals surface area contributed by atoms with Gasteiger partial charge in [0.15, 0.2) is 17.3 Å². The first-order valence-electron chi connectivity index (χ1n) is 9.49. The maximum Gasteiger partial charge on any atom is 0.259 e. The quantitative estimate of drug-likeness (QED) is 0.657. The summed E-state index contributed by atoms with van der Waals surface area (Å²) >= 11 is 0. The van der Waals surface area contributed by atoms with Crippen LogP contribution < -0.4 is 19.9 Å². The number of benzene rings is 2. The highest BCUT2D eigenvalue weighted by Crippen LogP contribution is 2.29. The number of quaternary nitrogens is 1. The molecule has 0 aliphatic rings.